The molecule has 0 spiro atoms. The van der Waals surface area contributed by atoms with Gasteiger partial charge in [0.1, 0.15) is 5.76 Å². The van der Waals surface area contributed by atoms with Crippen LogP contribution in [0.4, 0.5) is 0 Å². The summed E-state index contributed by atoms with van der Waals surface area (Å²) in [5, 5.41) is 3.66. The minimum Gasteiger partial charge on any atom is -0.468 e. The van der Waals surface area contributed by atoms with E-state index in [0.29, 0.717) is 6.04 Å². The lowest BCUT2D eigenvalue weighted by atomic mass is 9.97. The van der Waals surface area contributed by atoms with Gasteiger partial charge in [-0.1, -0.05) is 26.2 Å². The highest BCUT2D eigenvalue weighted by Gasteiger charge is 2.19. The molecule has 1 heterocycles. The van der Waals surface area contributed by atoms with E-state index in [2.05, 4.69) is 19.2 Å². The van der Waals surface area contributed by atoms with Crippen LogP contribution in [0, 0.1) is 12.8 Å². The van der Waals surface area contributed by atoms with Crippen molar-refractivity contribution in [3.63, 3.8) is 0 Å². The summed E-state index contributed by atoms with van der Waals surface area (Å²) in [5.41, 5.74) is 1.26. The fourth-order valence-corrected chi connectivity index (χ4v) is 2.61. The van der Waals surface area contributed by atoms with Gasteiger partial charge in [0.25, 0.3) is 0 Å². The minimum atomic E-state index is 0.673. The highest BCUT2D eigenvalue weighted by molar-refractivity contribution is 5.14. The van der Waals surface area contributed by atoms with Crippen LogP contribution in [0.15, 0.2) is 16.7 Å². The zero-order valence-corrected chi connectivity index (χ0v) is 10.5. The molecule has 0 amide bonds. The zero-order chi connectivity index (χ0) is 11.4. The smallest absolute Gasteiger partial charge is 0.120 e. The molecule has 16 heavy (non-hydrogen) atoms. The molecule has 2 unspecified atom stereocenters. The molecule has 2 rings (SSSR count). The molecule has 90 valence electrons. The summed E-state index contributed by atoms with van der Waals surface area (Å²) in [7, 11) is 0. The molecule has 2 nitrogen and oxygen atoms in total. The fraction of sp³-hybridized carbons (Fsp3) is 0.714. The van der Waals surface area contributed by atoms with Crippen LogP contribution in [0.5, 0.6) is 0 Å². The third-order valence-corrected chi connectivity index (χ3v) is 3.85. The normalized spacial score (nSPS) is 26.6. The lowest BCUT2D eigenvalue weighted by Crippen LogP contribution is -2.33. The van der Waals surface area contributed by atoms with Crippen molar-refractivity contribution in [2.45, 2.75) is 58.5 Å². The summed E-state index contributed by atoms with van der Waals surface area (Å²) in [6.07, 6.45) is 8.65. The molecular formula is C14H23NO. The maximum atomic E-state index is 5.46. The highest BCUT2D eigenvalue weighted by atomic mass is 16.3. The predicted molar refractivity (Wildman–Crippen MR) is 66.3 cm³/mol. The van der Waals surface area contributed by atoms with Crippen LogP contribution in [0.1, 0.15) is 50.4 Å². The van der Waals surface area contributed by atoms with E-state index in [0.717, 1.165) is 18.2 Å². The number of furan rings is 1. The van der Waals surface area contributed by atoms with Crippen molar-refractivity contribution in [3.8, 4) is 0 Å². The molecule has 1 aromatic heterocycles. The third kappa shape index (κ3) is 2.88. The highest BCUT2D eigenvalue weighted by Crippen LogP contribution is 2.23. The summed E-state index contributed by atoms with van der Waals surface area (Å²) in [6, 6.07) is 2.71. The van der Waals surface area contributed by atoms with Crippen LogP contribution in [-0.4, -0.2) is 6.04 Å². The molecule has 1 aromatic rings. The van der Waals surface area contributed by atoms with Gasteiger partial charge in [-0.3, -0.25) is 0 Å². The molecule has 0 bridgehead atoms. The van der Waals surface area contributed by atoms with E-state index in [1.54, 1.807) is 6.26 Å². The van der Waals surface area contributed by atoms with Gasteiger partial charge in [0, 0.05) is 6.04 Å². The van der Waals surface area contributed by atoms with Crippen LogP contribution in [0.2, 0.25) is 0 Å². The van der Waals surface area contributed by atoms with E-state index in [4.69, 9.17) is 4.42 Å². The first-order valence-corrected chi connectivity index (χ1v) is 6.53. The molecule has 1 saturated carbocycles. The molecule has 1 aliphatic rings. The molecule has 1 N–H and O–H groups in total. The number of hydrogen-bond acceptors (Lipinski definition) is 2. The molecule has 1 fully saturated rings. The van der Waals surface area contributed by atoms with Crippen LogP contribution < -0.4 is 5.32 Å². The minimum absolute atomic E-state index is 0.673. The van der Waals surface area contributed by atoms with E-state index in [9.17, 15) is 0 Å². The molecule has 2 heteroatoms. The number of aryl methyl sites for hydroxylation is 1. The van der Waals surface area contributed by atoms with Gasteiger partial charge in [0.15, 0.2) is 0 Å². The van der Waals surface area contributed by atoms with Gasteiger partial charge in [-0.2, -0.15) is 0 Å². The summed E-state index contributed by atoms with van der Waals surface area (Å²) < 4.78 is 5.46. The second kappa shape index (κ2) is 5.53. The van der Waals surface area contributed by atoms with Crippen LogP contribution in [0.25, 0.3) is 0 Å². The molecular weight excluding hydrogens is 198 g/mol. The monoisotopic (exact) mass is 221 g/mol. The Morgan fingerprint density at radius 3 is 2.88 bits per heavy atom. The maximum absolute atomic E-state index is 5.46. The van der Waals surface area contributed by atoms with Crippen molar-refractivity contribution in [3.05, 3.63) is 23.7 Å². The van der Waals surface area contributed by atoms with Gasteiger partial charge in [-0.25, -0.2) is 0 Å². The van der Waals surface area contributed by atoms with Crippen molar-refractivity contribution in [1.82, 2.24) is 5.32 Å². The van der Waals surface area contributed by atoms with Gasteiger partial charge in [0.05, 0.1) is 12.8 Å². The number of rotatable bonds is 3. The van der Waals surface area contributed by atoms with Crippen LogP contribution in [-0.2, 0) is 6.54 Å². The Hall–Kier alpha value is -0.760. The first kappa shape index (κ1) is 11.7. The zero-order valence-electron chi connectivity index (χ0n) is 10.5. The Morgan fingerprint density at radius 1 is 1.31 bits per heavy atom. The standard InChI is InChI=1S/C14H23NO/c1-11-6-4-3-5-7-13(11)15-10-14-12(2)8-9-16-14/h8-9,11,13,15H,3-7,10H2,1-2H3. The Bertz CT molecular complexity index is 318. The molecule has 0 saturated heterocycles. The van der Waals surface area contributed by atoms with Crippen LogP contribution in [0.3, 0.4) is 0 Å². The van der Waals surface area contributed by atoms with Crippen LogP contribution >= 0.6 is 0 Å². The topological polar surface area (TPSA) is 25.2 Å². The van der Waals surface area contributed by atoms with Gasteiger partial charge in [-0.15, -0.1) is 0 Å². The SMILES string of the molecule is Cc1ccoc1CNC1CCCCCC1C. The lowest BCUT2D eigenvalue weighted by Gasteiger charge is -2.22. The van der Waals surface area contributed by atoms with Crippen molar-refractivity contribution in [1.29, 1.82) is 0 Å². The van der Waals surface area contributed by atoms with Gasteiger partial charge in [-0.05, 0) is 37.3 Å². The molecule has 0 aromatic carbocycles. The Labute approximate surface area is 98.4 Å². The van der Waals surface area contributed by atoms with Gasteiger partial charge < -0.3 is 9.73 Å². The second-order valence-corrected chi connectivity index (χ2v) is 5.13. The average Bonchev–Trinajstić information content (AvgIpc) is 2.56. The van der Waals surface area contributed by atoms with Crippen molar-refractivity contribution in [2.24, 2.45) is 5.92 Å². The van der Waals surface area contributed by atoms with Gasteiger partial charge >= 0.3 is 0 Å². The van der Waals surface area contributed by atoms with E-state index in [-0.39, 0.29) is 0 Å². The summed E-state index contributed by atoms with van der Waals surface area (Å²) in [4.78, 5) is 0. The predicted octanol–water partition coefficient (Wildman–Crippen LogP) is 3.65. The first-order valence-electron chi connectivity index (χ1n) is 6.53. The van der Waals surface area contributed by atoms with Crippen molar-refractivity contribution >= 4 is 0 Å². The van der Waals surface area contributed by atoms with Gasteiger partial charge in [0.2, 0.25) is 0 Å². The quantitative estimate of drug-likeness (QED) is 0.788. The largest absolute Gasteiger partial charge is 0.468 e. The average molecular weight is 221 g/mol. The molecule has 1 aliphatic carbocycles. The molecule has 0 aliphatic heterocycles. The summed E-state index contributed by atoms with van der Waals surface area (Å²) in [6.45, 7) is 5.36. The van der Waals surface area contributed by atoms with E-state index in [1.807, 2.05) is 6.07 Å². The Kier molecular flexibility index (Phi) is 4.05. The molecule has 2 atom stereocenters. The van der Waals surface area contributed by atoms with E-state index >= 15 is 0 Å². The third-order valence-electron chi connectivity index (χ3n) is 3.85. The number of hydrogen-bond donors (Lipinski definition) is 1. The van der Waals surface area contributed by atoms with Crippen molar-refractivity contribution in [2.75, 3.05) is 0 Å². The van der Waals surface area contributed by atoms with E-state index < -0.39 is 0 Å². The summed E-state index contributed by atoms with van der Waals surface area (Å²) >= 11 is 0. The number of nitrogens with one attached hydrogen (secondary N) is 1. The Morgan fingerprint density at radius 2 is 2.12 bits per heavy atom. The first-order chi connectivity index (χ1) is 7.77. The maximum Gasteiger partial charge on any atom is 0.120 e. The lowest BCUT2D eigenvalue weighted by molar-refractivity contribution is 0.341. The van der Waals surface area contributed by atoms with Crippen molar-refractivity contribution < 1.29 is 4.42 Å². The second-order valence-electron chi connectivity index (χ2n) is 5.13. The van der Waals surface area contributed by atoms with E-state index in [1.165, 1.54) is 37.7 Å². The fourth-order valence-electron chi connectivity index (χ4n) is 2.61. The Balaban J connectivity index is 1.86. The molecule has 0 radical (unpaired) electrons. The summed E-state index contributed by atoms with van der Waals surface area (Å²) in [5.74, 6) is 1.90.